The Labute approximate surface area is 203 Å². The minimum absolute atomic E-state index is 0.0890. The molecule has 8 heteroatoms. The van der Waals surface area contributed by atoms with E-state index in [0.717, 1.165) is 44.9 Å². The molecular formula is C27H27FN4O3. The number of ether oxygens (including phenoxy) is 1. The summed E-state index contributed by atoms with van der Waals surface area (Å²) >= 11 is 0. The largest absolute Gasteiger partial charge is 0.497 e. The summed E-state index contributed by atoms with van der Waals surface area (Å²) in [5.41, 5.74) is 4.93. The molecule has 1 amide bonds. The number of anilines is 2. The number of benzene rings is 2. The third-order valence-electron chi connectivity index (χ3n) is 5.91. The zero-order valence-corrected chi connectivity index (χ0v) is 20.1. The van der Waals surface area contributed by atoms with Crippen molar-refractivity contribution in [3.63, 3.8) is 0 Å². The molecule has 0 aliphatic heterocycles. The summed E-state index contributed by atoms with van der Waals surface area (Å²) in [5, 5.41) is 12.0. The van der Waals surface area contributed by atoms with Crippen LogP contribution in [0.25, 0.3) is 22.0 Å². The Kier molecular flexibility index (Phi) is 6.82. The predicted molar refractivity (Wildman–Crippen MR) is 136 cm³/mol. The molecule has 7 nitrogen and oxygen atoms in total. The number of rotatable bonds is 7. The zero-order valence-electron chi connectivity index (χ0n) is 20.1. The van der Waals surface area contributed by atoms with Crippen LogP contribution in [0.3, 0.4) is 0 Å². The lowest BCUT2D eigenvalue weighted by atomic mass is 9.96. The molecule has 0 aliphatic rings. The maximum Gasteiger partial charge on any atom is 0.409 e. The Hall–Kier alpha value is -4.20. The van der Waals surface area contributed by atoms with E-state index in [9.17, 15) is 9.18 Å². The molecule has 0 atom stereocenters. The van der Waals surface area contributed by atoms with Crippen LogP contribution in [0.1, 0.15) is 23.7 Å². The van der Waals surface area contributed by atoms with E-state index in [1.165, 1.54) is 12.1 Å². The minimum Gasteiger partial charge on any atom is -0.497 e. The van der Waals surface area contributed by atoms with Crippen molar-refractivity contribution in [2.24, 2.45) is 0 Å². The predicted octanol–water partition coefficient (Wildman–Crippen LogP) is 6.04. The number of hydrogen-bond acceptors (Lipinski definition) is 5. The summed E-state index contributed by atoms with van der Waals surface area (Å²) in [5.74, 6) is 0.989. The minimum atomic E-state index is -1.32. The number of hydrogen-bond donors (Lipinski definition) is 2. The van der Waals surface area contributed by atoms with Gasteiger partial charge in [-0.15, -0.1) is 0 Å². The highest BCUT2D eigenvalue weighted by molar-refractivity contribution is 5.89. The van der Waals surface area contributed by atoms with E-state index in [2.05, 4.69) is 15.2 Å². The summed E-state index contributed by atoms with van der Waals surface area (Å²) in [6.07, 6.45) is 1.12. The summed E-state index contributed by atoms with van der Waals surface area (Å²) in [6.45, 7) is 4.47. The zero-order chi connectivity index (χ0) is 25.1. The molecule has 4 aromatic rings. The van der Waals surface area contributed by atoms with Crippen LogP contribution in [-0.2, 0) is 13.0 Å². The van der Waals surface area contributed by atoms with Gasteiger partial charge in [0.25, 0.3) is 0 Å². The molecule has 0 bridgehead atoms. The van der Waals surface area contributed by atoms with Crippen molar-refractivity contribution in [2.75, 3.05) is 24.4 Å². The first-order valence-corrected chi connectivity index (χ1v) is 11.2. The monoisotopic (exact) mass is 474 g/mol. The summed E-state index contributed by atoms with van der Waals surface area (Å²) in [6, 6.07) is 14.7. The van der Waals surface area contributed by atoms with Crippen LogP contribution in [-0.4, -0.2) is 35.3 Å². The van der Waals surface area contributed by atoms with Crippen molar-refractivity contribution in [1.29, 1.82) is 0 Å². The molecule has 4 rings (SSSR count). The van der Waals surface area contributed by atoms with Crippen molar-refractivity contribution in [3.8, 4) is 16.9 Å². The van der Waals surface area contributed by atoms with Crippen LogP contribution in [0, 0.1) is 12.7 Å². The molecule has 0 fully saturated rings. The molecule has 0 saturated heterocycles. The van der Waals surface area contributed by atoms with Crippen LogP contribution in [0.4, 0.5) is 20.7 Å². The van der Waals surface area contributed by atoms with Gasteiger partial charge in [0, 0.05) is 42.5 Å². The van der Waals surface area contributed by atoms with E-state index in [1.807, 2.05) is 50.4 Å². The Morgan fingerprint density at radius 2 is 1.89 bits per heavy atom. The van der Waals surface area contributed by atoms with Gasteiger partial charge in [-0.2, -0.15) is 0 Å². The number of carboxylic acid groups (broad SMARTS) is 1. The molecule has 0 aliphatic carbocycles. The Morgan fingerprint density at radius 3 is 2.54 bits per heavy atom. The van der Waals surface area contributed by atoms with Crippen LogP contribution in [0.2, 0.25) is 0 Å². The van der Waals surface area contributed by atoms with Crippen molar-refractivity contribution in [1.82, 2.24) is 9.97 Å². The van der Waals surface area contributed by atoms with E-state index in [4.69, 9.17) is 14.8 Å². The highest BCUT2D eigenvalue weighted by atomic mass is 19.1. The van der Waals surface area contributed by atoms with Gasteiger partial charge in [-0.3, -0.25) is 10.3 Å². The van der Waals surface area contributed by atoms with Crippen LogP contribution in [0.15, 0.2) is 54.7 Å². The van der Waals surface area contributed by atoms with Gasteiger partial charge >= 0.3 is 6.09 Å². The molecule has 35 heavy (non-hydrogen) atoms. The Balaban J connectivity index is 1.70. The van der Waals surface area contributed by atoms with Gasteiger partial charge in [-0.1, -0.05) is 19.1 Å². The highest BCUT2D eigenvalue weighted by Crippen LogP contribution is 2.33. The van der Waals surface area contributed by atoms with Crippen molar-refractivity contribution < 1.29 is 19.0 Å². The second kappa shape index (κ2) is 9.97. The number of aryl methyl sites for hydroxylation is 2. The van der Waals surface area contributed by atoms with Crippen molar-refractivity contribution in [2.45, 2.75) is 26.8 Å². The van der Waals surface area contributed by atoms with Gasteiger partial charge in [0.15, 0.2) is 0 Å². The quantitative estimate of drug-likeness (QED) is 0.339. The molecule has 0 unspecified atom stereocenters. The molecule has 2 heterocycles. The molecule has 0 saturated carbocycles. The standard InChI is InChI=1S/C27H27FN4O3/c1-5-23-21(20-12-25(31-27(33)34)22(28)10-16(20)2)11-18-14-29-26(13-24(18)30-23)32(3)15-17-6-8-19(35-4)9-7-17/h6-14,31H,5,15H2,1-4H3,(H,33,34). The van der Waals surface area contributed by atoms with E-state index in [-0.39, 0.29) is 5.69 Å². The Morgan fingerprint density at radius 1 is 1.14 bits per heavy atom. The average molecular weight is 475 g/mol. The van der Waals surface area contributed by atoms with Crippen LogP contribution < -0.4 is 15.0 Å². The summed E-state index contributed by atoms with van der Waals surface area (Å²) in [4.78, 5) is 22.6. The van der Waals surface area contributed by atoms with Gasteiger partial charge < -0.3 is 14.7 Å². The molecule has 0 spiro atoms. The van der Waals surface area contributed by atoms with Crippen LogP contribution >= 0.6 is 0 Å². The topological polar surface area (TPSA) is 87.6 Å². The number of carbonyl (C=O) groups is 1. The maximum absolute atomic E-state index is 14.3. The second-order valence-corrected chi connectivity index (χ2v) is 8.35. The maximum atomic E-state index is 14.3. The van der Waals surface area contributed by atoms with Gasteiger partial charge in [0.1, 0.15) is 17.4 Å². The molecule has 180 valence electrons. The third-order valence-corrected chi connectivity index (χ3v) is 5.91. The normalized spacial score (nSPS) is 10.9. The van der Waals surface area contributed by atoms with Crippen LogP contribution in [0.5, 0.6) is 5.75 Å². The fraction of sp³-hybridized carbons (Fsp3) is 0.222. The number of pyridine rings is 2. The lowest BCUT2D eigenvalue weighted by Gasteiger charge is -2.19. The van der Waals surface area contributed by atoms with Gasteiger partial charge in [0.05, 0.1) is 18.3 Å². The molecular weight excluding hydrogens is 447 g/mol. The fourth-order valence-electron chi connectivity index (χ4n) is 4.07. The molecule has 0 radical (unpaired) electrons. The number of methoxy groups -OCH3 is 1. The average Bonchev–Trinajstić information content (AvgIpc) is 2.84. The lowest BCUT2D eigenvalue weighted by Crippen LogP contribution is -2.17. The number of fused-ring (bicyclic) bond motifs is 1. The first-order chi connectivity index (χ1) is 16.8. The Bertz CT molecular complexity index is 1390. The highest BCUT2D eigenvalue weighted by Gasteiger charge is 2.16. The smallest absolute Gasteiger partial charge is 0.409 e. The number of nitrogens with zero attached hydrogens (tertiary/aromatic N) is 3. The van der Waals surface area contributed by atoms with E-state index < -0.39 is 11.9 Å². The van der Waals surface area contributed by atoms with Gasteiger partial charge in [-0.05, 0) is 60.4 Å². The first kappa shape index (κ1) is 23.9. The number of halogens is 1. The summed E-state index contributed by atoms with van der Waals surface area (Å²) < 4.78 is 19.5. The molecule has 2 aromatic heterocycles. The molecule has 2 N–H and O–H groups in total. The number of nitrogens with one attached hydrogen (secondary N) is 1. The summed E-state index contributed by atoms with van der Waals surface area (Å²) in [7, 11) is 3.62. The van der Waals surface area contributed by atoms with E-state index >= 15 is 0 Å². The van der Waals surface area contributed by atoms with Gasteiger partial charge in [0.2, 0.25) is 0 Å². The van der Waals surface area contributed by atoms with Gasteiger partial charge in [-0.25, -0.2) is 14.2 Å². The third kappa shape index (κ3) is 5.16. The number of amides is 1. The van der Waals surface area contributed by atoms with Crippen molar-refractivity contribution >= 4 is 28.5 Å². The fourth-order valence-corrected chi connectivity index (χ4v) is 4.07. The van der Waals surface area contributed by atoms with E-state index in [1.54, 1.807) is 20.2 Å². The molecule has 2 aromatic carbocycles. The lowest BCUT2D eigenvalue weighted by molar-refractivity contribution is 0.209. The second-order valence-electron chi connectivity index (χ2n) is 8.35. The first-order valence-electron chi connectivity index (χ1n) is 11.2. The van der Waals surface area contributed by atoms with Crippen molar-refractivity contribution in [3.05, 3.63) is 77.4 Å². The number of aromatic nitrogens is 2. The van der Waals surface area contributed by atoms with E-state index in [0.29, 0.717) is 18.5 Å². The SMILES string of the molecule is CCc1nc2cc(N(C)Cc3ccc(OC)cc3)ncc2cc1-c1cc(NC(=O)O)c(F)cc1C.